The van der Waals surface area contributed by atoms with E-state index in [0.29, 0.717) is 12.2 Å². The molecule has 0 amide bonds. The standard InChI is InChI=1S/C12H18N2O2/c1-16-10-4-5-12(11(13)7-10)14-6-2-3-9(15)8-14/h4-5,7,9,15H,2-3,6,8,13H2,1H3. The van der Waals surface area contributed by atoms with Gasteiger partial charge in [0.05, 0.1) is 24.6 Å². The molecule has 1 saturated heterocycles. The van der Waals surface area contributed by atoms with Crippen molar-refractivity contribution in [2.24, 2.45) is 0 Å². The third-order valence-electron chi connectivity index (χ3n) is 2.97. The highest BCUT2D eigenvalue weighted by Crippen LogP contribution is 2.29. The van der Waals surface area contributed by atoms with Gasteiger partial charge in [0, 0.05) is 19.2 Å². The molecular formula is C12H18N2O2. The molecule has 88 valence electrons. The lowest BCUT2D eigenvalue weighted by atomic mass is 10.1. The lowest BCUT2D eigenvalue weighted by Crippen LogP contribution is -2.38. The number of β-amino-alcohol motifs (C(OH)–C–C–N with tert-alkyl or cyclic N) is 1. The molecule has 4 nitrogen and oxygen atoms in total. The Kier molecular flexibility index (Phi) is 3.19. The number of piperidine rings is 1. The first kappa shape index (κ1) is 11.1. The second kappa shape index (κ2) is 4.61. The van der Waals surface area contributed by atoms with Gasteiger partial charge in [-0.2, -0.15) is 0 Å². The fourth-order valence-electron chi connectivity index (χ4n) is 2.12. The van der Waals surface area contributed by atoms with E-state index in [4.69, 9.17) is 10.5 Å². The number of hydrogen-bond acceptors (Lipinski definition) is 4. The van der Waals surface area contributed by atoms with E-state index in [9.17, 15) is 5.11 Å². The van der Waals surface area contributed by atoms with Crippen molar-refractivity contribution in [1.29, 1.82) is 0 Å². The Bertz CT molecular complexity index is 368. The van der Waals surface area contributed by atoms with Crippen LogP contribution in [0, 0.1) is 0 Å². The molecular weight excluding hydrogens is 204 g/mol. The Morgan fingerprint density at radius 3 is 2.94 bits per heavy atom. The number of methoxy groups -OCH3 is 1. The highest BCUT2D eigenvalue weighted by Gasteiger charge is 2.19. The minimum Gasteiger partial charge on any atom is -0.497 e. The van der Waals surface area contributed by atoms with E-state index >= 15 is 0 Å². The number of nitrogens with two attached hydrogens (primary N) is 1. The maximum Gasteiger partial charge on any atom is 0.121 e. The predicted molar refractivity (Wildman–Crippen MR) is 64.9 cm³/mol. The van der Waals surface area contributed by atoms with Crippen molar-refractivity contribution < 1.29 is 9.84 Å². The van der Waals surface area contributed by atoms with Gasteiger partial charge in [0.15, 0.2) is 0 Å². The van der Waals surface area contributed by atoms with E-state index < -0.39 is 0 Å². The molecule has 0 aliphatic carbocycles. The summed E-state index contributed by atoms with van der Waals surface area (Å²) in [5.74, 6) is 0.763. The molecule has 1 aromatic carbocycles. The first-order chi connectivity index (χ1) is 7.70. The topological polar surface area (TPSA) is 58.7 Å². The Morgan fingerprint density at radius 2 is 2.31 bits per heavy atom. The van der Waals surface area contributed by atoms with Gasteiger partial charge in [0.25, 0.3) is 0 Å². The summed E-state index contributed by atoms with van der Waals surface area (Å²) in [6.07, 6.45) is 1.65. The van der Waals surface area contributed by atoms with Crippen molar-refractivity contribution in [3.05, 3.63) is 18.2 Å². The number of aliphatic hydroxyl groups is 1. The second-order valence-corrected chi connectivity index (χ2v) is 4.17. The summed E-state index contributed by atoms with van der Waals surface area (Å²) in [5.41, 5.74) is 7.66. The smallest absolute Gasteiger partial charge is 0.121 e. The molecule has 1 aliphatic heterocycles. The number of aliphatic hydroxyl groups excluding tert-OH is 1. The summed E-state index contributed by atoms with van der Waals surface area (Å²) in [6, 6.07) is 5.66. The van der Waals surface area contributed by atoms with Gasteiger partial charge >= 0.3 is 0 Å². The van der Waals surface area contributed by atoms with Gasteiger partial charge in [0.1, 0.15) is 5.75 Å². The second-order valence-electron chi connectivity index (χ2n) is 4.17. The van der Waals surface area contributed by atoms with Crippen LogP contribution in [0.15, 0.2) is 18.2 Å². The fourth-order valence-corrected chi connectivity index (χ4v) is 2.12. The SMILES string of the molecule is COc1ccc(N2CCCC(O)C2)c(N)c1. The number of nitrogens with zero attached hydrogens (tertiary/aromatic N) is 1. The first-order valence-corrected chi connectivity index (χ1v) is 5.57. The summed E-state index contributed by atoms with van der Waals surface area (Å²) in [7, 11) is 1.62. The lowest BCUT2D eigenvalue weighted by Gasteiger charge is -2.32. The molecule has 1 heterocycles. The number of rotatable bonds is 2. The molecule has 1 aromatic rings. The average molecular weight is 222 g/mol. The molecule has 2 rings (SSSR count). The van der Waals surface area contributed by atoms with Gasteiger partial charge in [-0.25, -0.2) is 0 Å². The van der Waals surface area contributed by atoms with Crippen LogP contribution < -0.4 is 15.4 Å². The third kappa shape index (κ3) is 2.22. The summed E-state index contributed by atoms with van der Waals surface area (Å²) in [4.78, 5) is 2.13. The van der Waals surface area contributed by atoms with Gasteiger partial charge in [-0.05, 0) is 25.0 Å². The van der Waals surface area contributed by atoms with Crippen molar-refractivity contribution in [2.45, 2.75) is 18.9 Å². The van der Waals surface area contributed by atoms with Crippen LogP contribution in [0.2, 0.25) is 0 Å². The molecule has 0 aromatic heterocycles. The van der Waals surface area contributed by atoms with Gasteiger partial charge < -0.3 is 20.5 Å². The van der Waals surface area contributed by atoms with Crippen LogP contribution in [0.5, 0.6) is 5.75 Å². The zero-order valence-electron chi connectivity index (χ0n) is 9.52. The Hall–Kier alpha value is -1.42. The zero-order valence-corrected chi connectivity index (χ0v) is 9.52. The third-order valence-corrected chi connectivity index (χ3v) is 2.97. The summed E-state index contributed by atoms with van der Waals surface area (Å²) >= 11 is 0. The van der Waals surface area contributed by atoms with Gasteiger partial charge in [0.2, 0.25) is 0 Å². The highest BCUT2D eigenvalue weighted by atomic mass is 16.5. The predicted octanol–water partition coefficient (Wildman–Crippen LogP) is 1.24. The number of anilines is 2. The summed E-state index contributed by atoms with van der Waals surface area (Å²) < 4.78 is 5.11. The molecule has 3 N–H and O–H groups in total. The average Bonchev–Trinajstić information content (AvgIpc) is 2.28. The lowest BCUT2D eigenvalue weighted by molar-refractivity contribution is 0.154. The van der Waals surface area contributed by atoms with E-state index in [2.05, 4.69) is 4.90 Å². The van der Waals surface area contributed by atoms with E-state index in [1.54, 1.807) is 7.11 Å². The van der Waals surface area contributed by atoms with E-state index in [1.807, 2.05) is 18.2 Å². The van der Waals surface area contributed by atoms with Crippen molar-refractivity contribution >= 4 is 11.4 Å². The zero-order chi connectivity index (χ0) is 11.5. The quantitative estimate of drug-likeness (QED) is 0.739. The molecule has 1 fully saturated rings. The van der Waals surface area contributed by atoms with Crippen molar-refractivity contribution in [2.75, 3.05) is 30.8 Å². The van der Waals surface area contributed by atoms with Crippen LogP contribution in [-0.2, 0) is 0 Å². The monoisotopic (exact) mass is 222 g/mol. The highest BCUT2D eigenvalue weighted by molar-refractivity contribution is 5.69. The van der Waals surface area contributed by atoms with E-state index in [-0.39, 0.29) is 6.10 Å². The Balaban J connectivity index is 2.19. The van der Waals surface area contributed by atoms with Crippen LogP contribution in [0.1, 0.15) is 12.8 Å². The molecule has 0 bridgehead atoms. The summed E-state index contributed by atoms with van der Waals surface area (Å²) in [6.45, 7) is 1.62. The van der Waals surface area contributed by atoms with Crippen molar-refractivity contribution in [1.82, 2.24) is 0 Å². The molecule has 4 heteroatoms. The largest absolute Gasteiger partial charge is 0.497 e. The van der Waals surface area contributed by atoms with Crippen molar-refractivity contribution in [3.63, 3.8) is 0 Å². The van der Waals surface area contributed by atoms with Crippen LogP contribution >= 0.6 is 0 Å². The molecule has 0 radical (unpaired) electrons. The fraction of sp³-hybridized carbons (Fsp3) is 0.500. The van der Waals surface area contributed by atoms with Gasteiger partial charge in [-0.1, -0.05) is 0 Å². The van der Waals surface area contributed by atoms with E-state index in [1.165, 1.54) is 0 Å². The Morgan fingerprint density at radius 1 is 1.50 bits per heavy atom. The van der Waals surface area contributed by atoms with Gasteiger partial charge in [-0.3, -0.25) is 0 Å². The molecule has 0 spiro atoms. The molecule has 1 atom stereocenters. The van der Waals surface area contributed by atoms with Crippen molar-refractivity contribution in [3.8, 4) is 5.75 Å². The van der Waals surface area contributed by atoms with Crippen LogP contribution in [0.3, 0.4) is 0 Å². The molecule has 0 saturated carbocycles. The molecule has 1 aliphatic rings. The first-order valence-electron chi connectivity index (χ1n) is 5.57. The Labute approximate surface area is 95.6 Å². The van der Waals surface area contributed by atoms with Crippen LogP contribution in [0.4, 0.5) is 11.4 Å². The summed E-state index contributed by atoms with van der Waals surface area (Å²) in [5, 5.41) is 9.63. The van der Waals surface area contributed by atoms with E-state index in [0.717, 1.165) is 30.8 Å². The normalized spacial score (nSPS) is 20.9. The number of hydrogen-bond donors (Lipinski definition) is 2. The maximum atomic E-state index is 9.63. The number of ether oxygens (including phenoxy) is 1. The van der Waals surface area contributed by atoms with Crippen LogP contribution in [-0.4, -0.2) is 31.4 Å². The number of nitrogen functional groups attached to an aromatic ring is 1. The van der Waals surface area contributed by atoms with Gasteiger partial charge in [-0.15, -0.1) is 0 Å². The minimum atomic E-state index is -0.241. The molecule has 16 heavy (non-hydrogen) atoms. The maximum absolute atomic E-state index is 9.63. The number of benzene rings is 1. The van der Waals surface area contributed by atoms with Crippen LogP contribution in [0.25, 0.3) is 0 Å². The minimum absolute atomic E-state index is 0.241. The molecule has 1 unspecified atom stereocenters.